The molecule has 4 nitrogen and oxygen atoms in total. The summed E-state index contributed by atoms with van der Waals surface area (Å²) in [5.41, 5.74) is 4.57. The lowest BCUT2D eigenvalue weighted by molar-refractivity contribution is -0.136. The van der Waals surface area contributed by atoms with Crippen LogP contribution in [0.15, 0.2) is 72.8 Å². The quantitative estimate of drug-likeness (QED) is 0.565. The Bertz CT molecular complexity index is 964. The summed E-state index contributed by atoms with van der Waals surface area (Å²) >= 11 is 0. The van der Waals surface area contributed by atoms with Gasteiger partial charge in [0.05, 0.1) is 0 Å². The van der Waals surface area contributed by atoms with Crippen LogP contribution in [-0.2, 0) is 24.2 Å². The molecular weight excluding hydrogens is 364 g/mol. The molecule has 0 saturated carbocycles. The highest BCUT2D eigenvalue weighted by Gasteiger charge is 2.26. The van der Waals surface area contributed by atoms with Crippen molar-refractivity contribution in [2.75, 3.05) is 0 Å². The molecule has 148 valence electrons. The van der Waals surface area contributed by atoms with E-state index in [-0.39, 0.29) is 12.5 Å². The van der Waals surface area contributed by atoms with Crippen molar-refractivity contribution in [3.05, 3.63) is 95.1 Å². The van der Waals surface area contributed by atoms with Gasteiger partial charge in [-0.25, -0.2) is 0 Å². The van der Waals surface area contributed by atoms with Crippen molar-refractivity contribution in [3.63, 3.8) is 0 Å². The maximum absolute atomic E-state index is 10.7. The number of hydrogen-bond acceptors (Lipinski definition) is 3. The molecule has 0 bridgehead atoms. The van der Waals surface area contributed by atoms with E-state index in [2.05, 4.69) is 18.2 Å². The summed E-state index contributed by atoms with van der Waals surface area (Å²) in [6.45, 7) is 0.556. The summed E-state index contributed by atoms with van der Waals surface area (Å²) in [4.78, 5) is 10.7. The number of rotatable bonds is 8. The Morgan fingerprint density at radius 3 is 2.48 bits per heavy atom. The minimum absolute atomic E-state index is 0.00939. The van der Waals surface area contributed by atoms with Crippen LogP contribution < -0.4 is 9.47 Å². The van der Waals surface area contributed by atoms with Crippen LogP contribution in [0.25, 0.3) is 0 Å². The van der Waals surface area contributed by atoms with E-state index in [0.717, 1.165) is 35.5 Å². The van der Waals surface area contributed by atoms with Crippen molar-refractivity contribution in [3.8, 4) is 11.5 Å². The highest BCUT2D eigenvalue weighted by molar-refractivity contribution is 5.67. The zero-order valence-electron chi connectivity index (χ0n) is 16.2. The van der Waals surface area contributed by atoms with Gasteiger partial charge in [0, 0.05) is 12.0 Å². The zero-order valence-corrected chi connectivity index (χ0v) is 16.2. The van der Waals surface area contributed by atoms with Crippen molar-refractivity contribution in [2.45, 2.75) is 38.4 Å². The molecule has 1 unspecified atom stereocenters. The smallest absolute Gasteiger partial charge is 0.303 e. The fraction of sp³-hybridized carbons (Fsp3) is 0.240. The molecule has 0 heterocycles. The fourth-order valence-corrected chi connectivity index (χ4v) is 3.73. The van der Waals surface area contributed by atoms with Gasteiger partial charge in [0.2, 0.25) is 0 Å². The zero-order chi connectivity index (χ0) is 20.1. The number of benzene rings is 3. The lowest BCUT2D eigenvalue weighted by atomic mass is 10.1. The first-order valence-corrected chi connectivity index (χ1v) is 9.95. The molecule has 0 aromatic heterocycles. The van der Waals surface area contributed by atoms with Gasteiger partial charge >= 0.3 is 5.97 Å². The number of fused-ring (bicyclic) bond motifs is 1. The molecule has 1 aliphatic carbocycles. The lowest BCUT2D eigenvalue weighted by Gasteiger charge is -2.16. The fourth-order valence-electron chi connectivity index (χ4n) is 3.73. The predicted molar refractivity (Wildman–Crippen MR) is 111 cm³/mol. The number of carboxylic acid groups (broad SMARTS) is 1. The molecule has 4 rings (SSSR count). The summed E-state index contributed by atoms with van der Waals surface area (Å²) in [5.74, 6) is 0.956. The van der Waals surface area contributed by atoms with Gasteiger partial charge in [-0.05, 0) is 54.2 Å². The van der Waals surface area contributed by atoms with Gasteiger partial charge in [0.15, 0.2) is 0 Å². The van der Waals surface area contributed by atoms with Crippen molar-refractivity contribution in [2.24, 2.45) is 0 Å². The van der Waals surface area contributed by atoms with Crippen LogP contribution in [0.2, 0.25) is 0 Å². The van der Waals surface area contributed by atoms with Gasteiger partial charge in [-0.1, -0.05) is 54.6 Å². The largest absolute Gasteiger partial charge is 0.489 e. The Morgan fingerprint density at radius 1 is 0.931 bits per heavy atom. The number of carboxylic acids is 1. The maximum atomic E-state index is 10.7. The minimum atomic E-state index is -0.779. The van der Waals surface area contributed by atoms with Gasteiger partial charge in [0.1, 0.15) is 24.2 Å². The van der Waals surface area contributed by atoms with E-state index in [4.69, 9.17) is 14.6 Å². The highest BCUT2D eigenvalue weighted by atomic mass is 16.5. The number of carbonyl (C=O) groups is 1. The Labute approximate surface area is 170 Å². The standard InChI is InChI=1S/C25H24O4/c26-25(27)16-11-18-9-12-20(13-10-18)29-24-15-14-22-21(24)7-4-8-23(22)28-17-19-5-2-1-3-6-19/h1-10,12-13,24H,11,14-17H2,(H,26,27). The minimum Gasteiger partial charge on any atom is -0.489 e. The van der Waals surface area contributed by atoms with Crippen molar-refractivity contribution in [1.82, 2.24) is 0 Å². The molecule has 4 heteroatoms. The van der Waals surface area contributed by atoms with E-state index >= 15 is 0 Å². The Balaban J connectivity index is 1.41. The second kappa shape index (κ2) is 8.82. The molecule has 0 aliphatic heterocycles. The topological polar surface area (TPSA) is 55.8 Å². The van der Waals surface area contributed by atoms with Crippen LogP contribution in [0.4, 0.5) is 0 Å². The summed E-state index contributed by atoms with van der Waals surface area (Å²) in [5, 5.41) is 8.80. The van der Waals surface area contributed by atoms with Crippen LogP contribution >= 0.6 is 0 Å². The van der Waals surface area contributed by atoms with E-state index in [1.165, 1.54) is 11.1 Å². The first-order chi connectivity index (χ1) is 14.2. The average Bonchev–Trinajstić information content (AvgIpc) is 3.16. The van der Waals surface area contributed by atoms with E-state index in [9.17, 15) is 4.79 Å². The summed E-state index contributed by atoms with van der Waals surface area (Å²) in [6.07, 6.45) is 2.53. The molecule has 0 radical (unpaired) electrons. The number of aryl methyl sites for hydroxylation is 1. The molecular formula is C25H24O4. The maximum Gasteiger partial charge on any atom is 0.303 e. The van der Waals surface area contributed by atoms with Gasteiger partial charge in [-0.3, -0.25) is 4.79 Å². The second-order valence-electron chi connectivity index (χ2n) is 7.28. The van der Waals surface area contributed by atoms with E-state index in [0.29, 0.717) is 13.0 Å². The number of aliphatic carboxylic acids is 1. The van der Waals surface area contributed by atoms with E-state index < -0.39 is 5.97 Å². The summed E-state index contributed by atoms with van der Waals surface area (Å²) < 4.78 is 12.3. The molecule has 0 amide bonds. The van der Waals surface area contributed by atoms with Gasteiger partial charge < -0.3 is 14.6 Å². The SMILES string of the molecule is O=C(O)CCc1ccc(OC2CCc3c(OCc4ccccc4)cccc32)cc1. The molecule has 3 aromatic rings. The number of ether oxygens (including phenoxy) is 2. The monoisotopic (exact) mass is 388 g/mol. The van der Waals surface area contributed by atoms with Crippen LogP contribution in [0, 0.1) is 0 Å². The van der Waals surface area contributed by atoms with Gasteiger partial charge in [-0.2, -0.15) is 0 Å². The third-order valence-electron chi connectivity index (χ3n) is 5.24. The van der Waals surface area contributed by atoms with Gasteiger partial charge in [0.25, 0.3) is 0 Å². The molecule has 0 spiro atoms. The molecule has 0 saturated heterocycles. The highest BCUT2D eigenvalue weighted by Crippen LogP contribution is 2.39. The average molecular weight is 388 g/mol. The molecule has 1 atom stereocenters. The lowest BCUT2D eigenvalue weighted by Crippen LogP contribution is -2.04. The first-order valence-electron chi connectivity index (χ1n) is 9.95. The first kappa shape index (κ1) is 19.1. The van der Waals surface area contributed by atoms with Crippen molar-refractivity contribution >= 4 is 5.97 Å². The molecule has 3 aromatic carbocycles. The van der Waals surface area contributed by atoms with Crippen LogP contribution in [0.1, 0.15) is 41.2 Å². The Morgan fingerprint density at radius 2 is 1.72 bits per heavy atom. The van der Waals surface area contributed by atoms with Crippen LogP contribution in [-0.4, -0.2) is 11.1 Å². The Hall–Kier alpha value is -3.27. The molecule has 1 aliphatic rings. The number of hydrogen-bond donors (Lipinski definition) is 1. The third kappa shape index (κ3) is 4.77. The summed E-state index contributed by atoms with van der Waals surface area (Å²) in [6, 6.07) is 24.1. The van der Waals surface area contributed by atoms with E-state index in [1.807, 2.05) is 54.6 Å². The molecule has 29 heavy (non-hydrogen) atoms. The third-order valence-corrected chi connectivity index (χ3v) is 5.24. The van der Waals surface area contributed by atoms with Crippen LogP contribution in [0.3, 0.4) is 0 Å². The molecule has 0 fully saturated rings. The molecule has 1 N–H and O–H groups in total. The van der Waals surface area contributed by atoms with Crippen LogP contribution in [0.5, 0.6) is 11.5 Å². The Kier molecular flexibility index (Phi) is 5.80. The summed E-state index contributed by atoms with van der Waals surface area (Å²) in [7, 11) is 0. The van der Waals surface area contributed by atoms with Gasteiger partial charge in [-0.15, -0.1) is 0 Å². The normalized spacial score (nSPS) is 15.0. The van der Waals surface area contributed by atoms with E-state index in [1.54, 1.807) is 0 Å². The van der Waals surface area contributed by atoms with Crippen molar-refractivity contribution < 1.29 is 19.4 Å². The predicted octanol–water partition coefficient (Wildman–Crippen LogP) is 5.35. The second-order valence-corrected chi connectivity index (χ2v) is 7.28. The van der Waals surface area contributed by atoms with Crippen molar-refractivity contribution in [1.29, 1.82) is 0 Å².